The molecule has 0 bridgehead atoms. The molecule has 3 aliphatic rings. The average Bonchev–Trinajstić information content (AvgIpc) is 2.51. The molecule has 3 nitrogen and oxygen atoms in total. The molecule has 1 heterocycles. The lowest BCUT2D eigenvalue weighted by Crippen LogP contribution is -2.42. The topological polar surface area (TPSA) is 36.4 Å². The van der Waals surface area contributed by atoms with Gasteiger partial charge in [0.2, 0.25) is 0 Å². The SMILES string of the molecule is CCC1CCCC2C(=CNN=C2NC2CCCCCCC2)CC1. The van der Waals surface area contributed by atoms with Gasteiger partial charge in [-0.2, -0.15) is 5.10 Å². The van der Waals surface area contributed by atoms with Crippen molar-refractivity contribution >= 4 is 5.84 Å². The van der Waals surface area contributed by atoms with Gasteiger partial charge in [-0.25, -0.2) is 0 Å². The summed E-state index contributed by atoms with van der Waals surface area (Å²) in [4.78, 5) is 0. The molecular formula is C20H35N3. The Morgan fingerprint density at radius 1 is 1.00 bits per heavy atom. The third-order valence-electron chi connectivity index (χ3n) is 6.19. The fourth-order valence-electron chi connectivity index (χ4n) is 4.58. The molecule has 130 valence electrons. The Morgan fingerprint density at radius 3 is 2.57 bits per heavy atom. The number of rotatable bonds is 2. The van der Waals surface area contributed by atoms with Gasteiger partial charge in [0.05, 0.1) is 0 Å². The van der Waals surface area contributed by atoms with Crippen molar-refractivity contribution in [2.75, 3.05) is 0 Å². The van der Waals surface area contributed by atoms with Crippen molar-refractivity contribution in [2.45, 2.75) is 96.4 Å². The van der Waals surface area contributed by atoms with E-state index in [0.717, 1.165) is 5.92 Å². The van der Waals surface area contributed by atoms with Crippen molar-refractivity contribution in [3.63, 3.8) is 0 Å². The highest BCUT2D eigenvalue weighted by molar-refractivity contribution is 5.87. The largest absolute Gasteiger partial charge is 0.369 e. The van der Waals surface area contributed by atoms with Gasteiger partial charge in [0, 0.05) is 18.2 Å². The van der Waals surface area contributed by atoms with E-state index in [1.54, 1.807) is 5.57 Å². The van der Waals surface area contributed by atoms with Gasteiger partial charge >= 0.3 is 0 Å². The van der Waals surface area contributed by atoms with Crippen molar-refractivity contribution in [3.05, 3.63) is 11.8 Å². The van der Waals surface area contributed by atoms with Gasteiger partial charge in [0.25, 0.3) is 0 Å². The first kappa shape index (κ1) is 16.9. The van der Waals surface area contributed by atoms with Crippen molar-refractivity contribution in [3.8, 4) is 0 Å². The lowest BCUT2D eigenvalue weighted by molar-refractivity contribution is 0.375. The van der Waals surface area contributed by atoms with Crippen molar-refractivity contribution < 1.29 is 0 Å². The van der Waals surface area contributed by atoms with Crippen LogP contribution in [0.3, 0.4) is 0 Å². The highest BCUT2D eigenvalue weighted by Gasteiger charge is 2.27. The average molecular weight is 318 g/mol. The molecule has 23 heavy (non-hydrogen) atoms. The van der Waals surface area contributed by atoms with Gasteiger partial charge < -0.3 is 5.32 Å². The third-order valence-corrected chi connectivity index (χ3v) is 6.19. The van der Waals surface area contributed by atoms with Gasteiger partial charge in [0.15, 0.2) is 0 Å². The van der Waals surface area contributed by atoms with Crippen LogP contribution in [0.15, 0.2) is 16.9 Å². The molecule has 0 aromatic carbocycles. The first-order chi connectivity index (χ1) is 11.4. The van der Waals surface area contributed by atoms with E-state index in [1.807, 2.05) is 0 Å². The van der Waals surface area contributed by atoms with E-state index in [-0.39, 0.29) is 0 Å². The number of fused-ring (bicyclic) bond motifs is 1. The highest BCUT2D eigenvalue weighted by atomic mass is 15.3. The van der Waals surface area contributed by atoms with Gasteiger partial charge in [-0.05, 0) is 43.6 Å². The summed E-state index contributed by atoms with van der Waals surface area (Å²) in [5.41, 5.74) is 4.79. The Bertz CT molecular complexity index is 419. The minimum Gasteiger partial charge on any atom is -0.369 e. The second-order valence-corrected chi connectivity index (χ2v) is 7.83. The minimum absolute atomic E-state index is 0.555. The molecule has 2 N–H and O–H groups in total. The summed E-state index contributed by atoms with van der Waals surface area (Å²) in [7, 11) is 0. The fraction of sp³-hybridized carbons (Fsp3) is 0.850. The maximum absolute atomic E-state index is 4.65. The van der Waals surface area contributed by atoms with Crippen LogP contribution in [0.25, 0.3) is 0 Å². The van der Waals surface area contributed by atoms with E-state index in [0.29, 0.717) is 12.0 Å². The zero-order valence-corrected chi connectivity index (χ0v) is 14.9. The Balaban J connectivity index is 1.60. The third kappa shape index (κ3) is 4.74. The van der Waals surface area contributed by atoms with Crippen molar-refractivity contribution in [2.24, 2.45) is 16.9 Å². The van der Waals surface area contributed by atoms with Crippen LogP contribution >= 0.6 is 0 Å². The Kier molecular flexibility index (Phi) is 6.41. The van der Waals surface area contributed by atoms with E-state index in [1.165, 1.54) is 89.3 Å². The lowest BCUT2D eigenvalue weighted by atomic mass is 9.80. The van der Waals surface area contributed by atoms with Crippen molar-refractivity contribution in [1.29, 1.82) is 0 Å². The Labute approximate surface area is 142 Å². The second-order valence-electron chi connectivity index (χ2n) is 7.83. The maximum atomic E-state index is 4.65. The quantitative estimate of drug-likeness (QED) is 0.743. The summed E-state index contributed by atoms with van der Waals surface area (Å²) in [6, 6.07) is 0.643. The number of hydrazone groups is 1. The Hall–Kier alpha value is -0.990. The number of nitrogens with zero attached hydrogens (tertiary/aromatic N) is 1. The van der Waals surface area contributed by atoms with Crippen LogP contribution in [0.1, 0.15) is 90.4 Å². The maximum Gasteiger partial charge on any atom is 0.130 e. The van der Waals surface area contributed by atoms with E-state index < -0.39 is 0 Å². The monoisotopic (exact) mass is 317 g/mol. The summed E-state index contributed by atoms with van der Waals surface area (Å²) in [6.07, 6.45) is 19.8. The van der Waals surface area contributed by atoms with Crippen LogP contribution in [0.4, 0.5) is 0 Å². The summed E-state index contributed by atoms with van der Waals surface area (Å²) >= 11 is 0. The molecule has 2 aliphatic carbocycles. The zero-order valence-electron chi connectivity index (χ0n) is 14.9. The molecule has 0 amide bonds. The van der Waals surface area contributed by atoms with Crippen LogP contribution in [0.2, 0.25) is 0 Å². The van der Waals surface area contributed by atoms with Gasteiger partial charge in [-0.3, -0.25) is 5.43 Å². The molecule has 0 saturated heterocycles. The van der Waals surface area contributed by atoms with Crippen LogP contribution < -0.4 is 10.7 Å². The summed E-state index contributed by atoms with van der Waals surface area (Å²) in [5, 5.41) is 8.50. The number of hydrogen-bond donors (Lipinski definition) is 2. The van der Waals surface area contributed by atoms with Crippen LogP contribution in [0, 0.1) is 11.8 Å². The molecule has 1 aliphatic heterocycles. The molecule has 0 radical (unpaired) electrons. The summed E-state index contributed by atoms with van der Waals surface area (Å²) < 4.78 is 0. The predicted molar refractivity (Wildman–Crippen MR) is 98.3 cm³/mol. The molecule has 0 spiro atoms. The molecule has 2 fully saturated rings. The predicted octanol–water partition coefficient (Wildman–Crippen LogP) is 5.10. The van der Waals surface area contributed by atoms with Gasteiger partial charge in [-0.15, -0.1) is 0 Å². The zero-order chi connectivity index (χ0) is 15.9. The van der Waals surface area contributed by atoms with Crippen LogP contribution in [-0.4, -0.2) is 11.9 Å². The second kappa shape index (κ2) is 8.75. The van der Waals surface area contributed by atoms with E-state index in [2.05, 4.69) is 29.0 Å². The summed E-state index contributed by atoms with van der Waals surface area (Å²) in [5.74, 6) is 2.72. The molecular weight excluding hydrogens is 282 g/mol. The Morgan fingerprint density at radius 2 is 1.78 bits per heavy atom. The minimum atomic E-state index is 0.555. The van der Waals surface area contributed by atoms with E-state index in [4.69, 9.17) is 0 Å². The van der Waals surface area contributed by atoms with E-state index in [9.17, 15) is 0 Å². The fourth-order valence-corrected chi connectivity index (χ4v) is 4.58. The molecule has 3 rings (SSSR count). The lowest BCUT2D eigenvalue weighted by Gasteiger charge is -2.32. The molecule has 3 heteroatoms. The van der Waals surface area contributed by atoms with Crippen LogP contribution in [0.5, 0.6) is 0 Å². The first-order valence-corrected chi connectivity index (χ1v) is 10.2. The standard InChI is InChI=1S/C20H35N3/c1-2-16-9-8-12-19-17(14-13-16)15-21-23-20(19)22-18-10-6-4-3-5-7-11-18/h15-16,18-19,21H,2-14H2,1H3,(H,22,23). The number of nitrogens with one attached hydrogen (secondary N) is 2. The normalized spacial score (nSPS) is 30.5. The highest BCUT2D eigenvalue weighted by Crippen LogP contribution is 2.33. The number of hydrogen-bond acceptors (Lipinski definition) is 3. The summed E-state index contributed by atoms with van der Waals surface area (Å²) in [6.45, 7) is 2.35. The molecule has 2 unspecified atom stereocenters. The van der Waals surface area contributed by atoms with Gasteiger partial charge in [0.1, 0.15) is 5.84 Å². The van der Waals surface area contributed by atoms with E-state index >= 15 is 0 Å². The molecule has 0 aromatic rings. The molecule has 0 aromatic heterocycles. The van der Waals surface area contributed by atoms with Gasteiger partial charge in [-0.1, -0.05) is 58.3 Å². The first-order valence-electron chi connectivity index (χ1n) is 10.2. The van der Waals surface area contributed by atoms with Crippen molar-refractivity contribution in [1.82, 2.24) is 10.7 Å². The number of amidine groups is 1. The van der Waals surface area contributed by atoms with Crippen LogP contribution in [-0.2, 0) is 0 Å². The smallest absolute Gasteiger partial charge is 0.130 e. The molecule has 2 atom stereocenters. The molecule has 2 saturated carbocycles.